The maximum atomic E-state index is 13.3. The molecule has 208 valence electrons. The Bertz CT molecular complexity index is 1100. The number of tetrazole rings is 1. The summed E-state index contributed by atoms with van der Waals surface area (Å²) in [5.41, 5.74) is 5.93. The molecule has 0 saturated carbocycles. The van der Waals surface area contributed by atoms with Gasteiger partial charge in [0, 0.05) is 60.3 Å². The van der Waals surface area contributed by atoms with E-state index in [1.165, 1.54) is 27.7 Å². The van der Waals surface area contributed by atoms with E-state index in [0.717, 1.165) is 6.42 Å². The molecule has 3 amide bonds. The Balaban J connectivity index is 1.39. The van der Waals surface area contributed by atoms with Crippen LogP contribution in [0.25, 0.3) is 0 Å². The van der Waals surface area contributed by atoms with Gasteiger partial charge in [0.25, 0.3) is 0 Å². The molecule has 1 aromatic rings. The van der Waals surface area contributed by atoms with Crippen LogP contribution in [-0.2, 0) is 25.7 Å². The number of rotatable bonds is 9. The number of hydrogen-bond donors (Lipinski definition) is 4. The zero-order chi connectivity index (χ0) is 27.6. The molecule has 0 aromatic carbocycles. The number of hydrogen-bond acceptors (Lipinski definition) is 10. The number of nitrogens with two attached hydrogens (primary N) is 1. The molecule has 0 unspecified atom stereocenters. The Labute approximate surface area is 224 Å². The third-order valence-electron chi connectivity index (χ3n) is 7.29. The van der Waals surface area contributed by atoms with Gasteiger partial charge in [0.1, 0.15) is 18.6 Å². The highest BCUT2D eigenvalue weighted by molar-refractivity contribution is 8.03. The van der Waals surface area contributed by atoms with Crippen LogP contribution in [0.4, 0.5) is 0 Å². The molecule has 6 atom stereocenters. The number of nitrogens with zero attached hydrogens (tertiary/aromatic N) is 6. The molecule has 4 rings (SSSR count). The Morgan fingerprint density at radius 3 is 2.71 bits per heavy atom. The third kappa shape index (κ3) is 6.15. The van der Waals surface area contributed by atoms with Crippen molar-refractivity contribution in [3.05, 3.63) is 16.9 Å². The van der Waals surface area contributed by atoms with E-state index in [1.54, 1.807) is 11.8 Å². The number of carbonyl (C=O) groups excluding carboxylic acids is 3. The number of carboxylic acid groups (broad SMARTS) is 1. The second kappa shape index (κ2) is 11.8. The zero-order valence-electron chi connectivity index (χ0n) is 21.7. The van der Waals surface area contributed by atoms with Crippen LogP contribution in [0.5, 0.6) is 0 Å². The molecule has 5 N–H and O–H groups in total. The van der Waals surface area contributed by atoms with Crippen LogP contribution in [0.15, 0.2) is 16.9 Å². The van der Waals surface area contributed by atoms with Crippen molar-refractivity contribution in [3.63, 3.8) is 0 Å². The van der Waals surface area contributed by atoms with Gasteiger partial charge in [-0.15, -0.1) is 16.9 Å². The predicted octanol–water partition coefficient (Wildman–Crippen LogP) is -1.25. The van der Waals surface area contributed by atoms with Gasteiger partial charge in [-0.3, -0.25) is 14.4 Å². The summed E-state index contributed by atoms with van der Waals surface area (Å²) in [6.45, 7) is 7.13. The van der Waals surface area contributed by atoms with Crippen molar-refractivity contribution in [3.8, 4) is 0 Å². The largest absolute Gasteiger partial charge is 0.477 e. The van der Waals surface area contributed by atoms with Crippen molar-refractivity contribution in [1.29, 1.82) is 0 Å². The van der Waals surface area contributed by atoms with Crippen molar-refractivity contribution >= 4 is 35.5 Å². The number of thioether (sulfide) groups is 1. The molecule has 0 spiro atoms. The molecule has 14 nitrogen and oxygen atoms in total. The topological polar surface area (TPSA) is 189 Å². The predicted molar refractivity (Wildman–Crippen MR) is 137 cm³/mol. The van der Waals surface area contributed by atoms with Crippen molar-refractivity contribution in [2.24, 2.45) is 11.7 Å². The first-order chi connectivity index (χ1) is 18.0. The smallest absolute Gasteiger partial charge is 0.353 e. The normalized spacial score (nSPS) is 28.2. The second-order valence-electron chi connectivity index (χ2n) is 10.3. The second-order valence-corrected chi connectivity index (χ2v) is 11.6. The summed E-state index contributed by atoms with van der Waals surface area (Å²) in [7, 11) is 0. The summed E-state index contributed by atoms with van der Waals surface area (Å²) < 4.78 is 1.26. The van der Waals surface area contributed by atoms with Crippen LogP contribution in [0.3, 0.4) is 0 Å². The Kier molecular flexibility index (Phi) is 8.67. The van der Waals surface area contributed by atoms with E-state index in [1.807, 2.05) is 13.8 Å². The summed E-state index contributed by atoms with van der Waals surface area (Å²) in [6, 6.07) is -1.19. The molecule has 0 bridgehead atoms. The molecule has 4 heterocycles. The summed E-state index contributed by atoms with van der Waals surface area (Å²) in [5.74, 6) is -2.06. The SMILES string of the molecule is C[C@H](CC(=O)N1C(C(=O)O)=C(S[C@@H]2CN[C@H](C(=O)N3CC[C@@H](N)C3)C2)[C@H](C)[C@@H]1C)NC(=O)Cn1cnnn1. The standard InChI is InChI=1S/C23H35N9O5S/c1-12(27-18(33)10-31-11-26-28-29-31)6-19(34)32-14(3)13(2)21(20(32)23(36)37)38-16-7-17(25-8-16)22(35)30-5-4-15(24)9-30/h11-17,25H,4-10,24H2,1-3H3,(H,27,33)(H,36,37)/t12-,13-,14+,15-,16+,17+/m1/s1. The van der Waals surface area contributed by atoms with Gasteiger partial charge in [-0.1, -0.05) is 6.92 Å². The molecule has 3 aliphatic rings. The minimum absolute atomic E-state index is 0.00114. The molecule has 38 heavy (non-hydrogen) atoms. The monoisotopic (exact) mass is 549 g/mol. The highest BCUT2D eigenvalue weighted by Crippen LogP contribution is 2.44. The zero-order valence-corrected chi connectivity index (χ0v) is 22.6. The maximum Gasteiger partial charge on any atom is 0.353 e. The number of amides is 3. The molecule has 15 heteroatoms. The van der Waals surface area contributed by atoms with Gasteiger partial charge < -0.3 is 31.3 Å². The summed E-state index contributed by atoms with van der Waals surface area (Å²) in [5, 5.41) is 26.7. The molecule has 1 aromatic heterocycles. The fourth-order valence-corrected chi connectivity index (χ4v) is 6.74. The number of nitrogens with one attached hydrogen (secondary N) is 2. The highest BCUT2D eigenvalue weighted by Gasteiger charge is 2.44. The maximum absolute atomic E-state index is 13.3. The molecular weight excluding hydrogens is 514 g/mol. The Morgan fingerprint density at radius 2 is 2.08 bits per heavy atom. The molecule has 2 fully saturated rings. The van der Waals surface area contributed by atoms with E-state index in [-0.39, 0.29) is 65.7 Å². The van der Waals surface area contributed by atoms with Crippen LogP contribution < -0.4 is 16.4 Å². The molecular formula is C23H35N9O5S. The molecule has 0 aliphatic carbocycles. The van der Waals surface area contributed by atoms with Crippen LogP contribution >= 0.6 is 11.8 Å². The van der Waals surface area contributed by atoms with Crippen LogP contribution in [-0.4, -0.2) is 108 Å². The van der Waals surface area contributed by atoms with E-state index >= 15 is 0 Å². The number of likely N-dealkylation sites (tertiary alicyclic amines) is 1. The first-order valence-corrected chi connectivity index (χ1v) is 13.7. The first-order valence-electron chi connectivity index (χ1n) is 12.8. The average Bonchev–Trinajstić information content (AvgIpc) is 3.64. The van der Waals surface area contributed by atoms with Gasteiger partial charge in [-0.2, -0.15) is 0 Å². The first kappa shape index (κ1) is 28.0. The number of carbonyl (C=O) groups is 4. The van der Waals surface area contributed by atoms with Crippen molar-refractivity contribution < 1.29 is 24.3 Å². The van der Waals surface area contributed by atoms with Gasteiger partial charge in [0.2, 0.25) is 17.7 Å². The van der Waals surface area contributed by atoms with E-state index in [0.29, 0.717) is 31.0 Å². The Morgan fingerprint density at radius 1 is 1.32 bits per heavy atom. The van der Waals surface area contributed by atoms with Crippen molar-refractivity contribution in [2.45, 2.75) is 76.0 Å². The van der Waals surface area contributed by atoms with E-state index < -0.39 is 12.0 Å². The lowest BCUT2D eigenvalue weighted by molar-refractivity contribution is -0.140. The van der Waals surface area contributed by atoms with Crippen molar-refractivity contribution in [1.82, 2.24) is 40.6 Å². The van der Waals surface area contributed by atoms with Gasteiger partial charge in [0.05, 0.1) is 6.04 Å². The Hall–Kier alpha value is -3.04. The minimum atomic E-state index is -1.17. The van der Waals surface area contributed by atoms with E-state index in [2.05, 4.69) is 26.2 Å². The van der Waals surface area contributed by atoms with Gasteiger partial charge in [0.15, 0.2) is 0 Å². The highest BCUT2D eigenvalue weighted by atomic mass is 32.2. The minimum Gasteiger partial charge on any atom is -0.477 e. The fourth-order valence-electron chi connectivity index (χ4n) is 5.20. The van der Waals surface area contributed by atoms with Crippen LogP contribution in [0.2, 0.25) is 0 Å². The van der Waals surface area contributed by atoms with Crippen molar-refractivity contribution in [2.75, 3.05) is 19.6 Å². The summed E-state index contributed by atoms with van der Waals surface area (Å²) in [4.78, 5) is 54.5. The summed E-state index contributed by atoms with van der Waals surface area (Å²) >= 11 is 1.44. The van der Waals surface area contributed by atoms with Gasteiger partial charge in [-0.05, 0) is 37.1 Å². The molecule has 0 radical (unpaired) electrons. The lowest BCUT2D eigenvalue weighted by Crippen LogP contribution is -2.43. The number of aromatic nitrogens is 4. The van der Waals surface area contributed by atoms with Crippen LogP contribution in [0.1, 0.15) is 40.0 Å². The van der Waals surface area contributed by atoms with E-state index in [9.17, 15) is 24.3 Å². The number of aliphatic carboxylic acids is 1. The lowest BCUT2D eigenvalue weighted by Gasteiger charge is -2.26. The molecule has 3 aliphatic heterocycles. The van der Waals surface area contributed by atoms with Crippen LogP contribution in [0, 0.1) is 5.92 Å². The summed E-state index contributed by atoms with van der Waals surface area (Å²) in [6.07, 6.45) is 2.62. The lowest BCUT2D eigenvalue weighted by atomic mass is 10.1. The average molecular weight is 550 g/mol. The quantitative estimate of drug-likeness (QED) is 0.288. The molecule has 2 saturated heterocycles. The van der Waals surface area contributed by atoms with Gasteiger partial charge >= 0.3 is 5.97 Å². The number of carboxylic acids is 1. The third-order valence-corrected chi connectivity index (χ3v) is 8.81. The fraction of sp³-hybridized carbons (Fsp3) is 0.696. The van der Waals surface area contributed by atoms with E-state index in [4.69, 9.17) is 5.73 Å². The van der Waals surface area contributed by atoms with Gasteiger partial charge in [-0.25, -0.2) is 9.48 Å².